The molecule has 0 spiro atoms. The van der Waals surface area contributed by atoms with E-state index in [2.05, 4.69) is 27.0 Å². The number of nitrogens with zero attached hydrogens (tertiary/aromatic N) is 5. The molecular formula is C11H14ClN5. The Balaban J connectivity index is 2.48. The van der Waals surface area contributed by atoms with Gasteiger partial charge in [-0.25, -0.2) is 15.0 Å². The van der Waals surface area contributed by atoms with Gasteiger partial charge in [-0.2, -0.15) is 4.68 Å². The topological polar surface area (TPSA) is 56.5 Å². The summed E-state index contributed by atoms with van der Waals surface area (Å²) < 4.78 is 1.68. The van der Waals surface area contributed by atoms with E-state index in [0.717, 1.165) is 24.5 Å². The lowest BCUT2D eigenvalue weighted by Gasteiger charge is -2.05. The number of rotatable bonds is 3. The predicted molar refractivity (Wildman–Crippen MR) is 65.4 cm³/mol. The van der Waals surface area contributed by atoms with Crippen molar-refractivity contribution in [1.29, 1.82) is 0 Å². The highest BCUT2D eigenvalue weighted by molar-refractivity contribution is 6.29. The van der Waals surface area contributed by atoms with Gasteiger partial charge in [0.25, 0.3) is 0 Å². The first-order chi connectivity index (χ1) is 8.10. The Hall–Kier alpha value is -1.49. The third-order valence-corrected chi connectivity index (χ3v) is 2.49. The Morgan fingerprint density at radius 2 is 2.00 bits per heavy atom. The number of aromatic nitrogens is 5. The predicted octanol–water partition coefficient (Wildman–Crippen LogP) is 2.28. The van der Waals surface area contributed by atoms with Gasteiger partial charge in [-0.1, -0.05) is 18.5 Å². The highest BCUT2D eigenvalue weighted by atomic mass is 35.5. The van der Waals surface area contributed by atoms with Crippen molar-refractivity contribution in [1.82, 2.24) is 24.7 Å². The summed E-state index contributed by atoms with van der Waals surface area (Å²) >= 11 is 5.98. The maximum absolute atomic E-state index is 5.98. The van der Waals surface area contributed by atoms with Gasteiger partial charge in [-0.05, 0) is 20.3 Å². The van der Waals surface area contributed by atoms with Crippen molar-refractivity contribution in [2.75, 3.05) is 0 Å². The fraction of sp³-hybridized carbons (Fsp3) is 0.455. The third-order valence-electron chi connectivity index (χ3n) is 2.29. The molecule has 0 aliphatic heterocycles. The van der Waals surface area contributed by atoms with Crippen LogP contribution in [-0.2, 0) is 6.42 Å². The molecule has 0 aromatic carbocycles. The molecule has 2 rings (SSSR count). The molecule has 0 saturated carbocycles. The van der Waals surface area contributed by atoms with Gasteiger partial charge >= 0.3 is 0 Å². The van der Waals surface area contributed by atoms with Crippen molar-refractivity contribution < 1.29 is 0 Å². The quantitative estimate of drug-likeness (QED) is 0.786. The van der Waals surface area contributed by atoms with Crippen molar-refractivity contribution in [3.63, 3.8) is 0 Å². The van der Waals surface area contributed by atoms with Gasteiger partial charge in [-0.15, -0.1) is 5.10 Å². The Bertz CT molecular complexity index is 535. The first kappa shape index (κ1) is 12.0. The molecule has 0 N–H and O–H groups in total. The van der Waals surface area contributed by atoms with E-state index in [1.807, 2.05) is 13.8 Å². The minimum absolute atomic E-state index is 0.436. The molecule has 5 nitrogen and oxygen atoms in total. The summed E-state index contributed by atoms with van der Waals surface area (Å²) in [4.78, 5) is 12.9. The molecule has 0 aliphatic carbocycles. The monoisotopic (exact) mass is 251 g/mol. The smallest absolute Gasteiger partial charge is 0.160 e. The van der Waals surface area contributed by atoms with Crippen LogP contribution in [0.25, 0.3) is 5.82 Å². The standard InChI is InChI=1S/C11H14ClN5/c1-4-5-10-14-9(12)6-11(15-10)17-8(3)13-7(2)16-17/h6H,4-5H2,1-3H3. The molecule has 0 aliphatic rings. The molecular weight excluding hydrogens is 238 g/mol. The van der Waals surface area contributed by atoms with Gasteiger partial charge in [0.05, 0.1) is 0 Å². The molecule has 6 heteroatoms. The minimum Gasteiger partial charge on any atom is -0.221 e. The SMILES string of the molecule is CCCc1nc(Cl)cc(-n2nc(C)nc2C)n1. The average molecular weight is 252 g/mol. The number of hydrogen-bond donors (Lipinski definition) is 0. The zero-order valence-electron chi connectivity index (χ0n) is 10.1. The van der Waals surface area contributed by atoms with E-state index in [1.165, 1.54) is 0 Å². The first-order valence-electron chi connectivity index (χ1n) is 5.54. The fourth-order valence-corrected chi connectivity index (χ4v) is 1.83. The molecule has 90 valence electrons. The number of aryl methyl sites for hydroxylation is 3. The van der Waals surface area contributed by atoms with Crippen LogP contribution in [0.3, 0.4) is 0 Å². The van der Waals surface area contributed by atoms with Crippen LogP contribution in [0.5, 0.6) is 0 Å². The molecule has 0 radical (unpaired) electrons. The molecule has 2 aromatic heterocycles. The second-order valence-corrected chi connectivity index (χ2v) is 4.22. The second-order valence-electron chi connectivity index (χ2n) is 3.83. The zero-order chi connectivity index (χ0) is 12.4. The summed E-state index contributed by atoms with van der Waals surface area (Å²) in [5.41, 5.74) is 0. The molecule has 2 aromatic rings. The van der Waals surface area contributed by atoms with Crippen molar-refractivity contribution in [2.45, 2.75) is 33.6 Å². The van der Waals surface area contributed by atoms with Crippen LogP contribution in [0, 0.1) is 13.8 Å². The number of halogens is 1. The van der Waals surface area contributed by atoms with E-state index >= 15 is 0 Å². The maximum Gasteiger partial charge on any atom is 0.160 e. The lowest BCUT2D eigenvalue weighted by Crippen LogP contribution is -2.06. The molecule has 2 heterocycles. The summed E-state index contributed by atoms with van der Waals surface area (Å²) in [5.74, 6) is 2.92. The molecule has 0 atom stereocenters. The van der Waals surface area contributed by atoms with Crippen LogP contribution < -0.4 is 0 Å². The van der Waals surface area contributed by atoms with Crippen molar-refractivity contribution in [3.8, 4) is 5.82 Å². The Morgan fingerprint density at radius 1 is 1.24 bits per heavy atom. The summed E-state index contributed by atoms with van der Waals surface area (Å²) in [6, 6.07) is 1.70. The van der Waals surface area contributed by atoms with E-state index in [9.17, 15) is 0 Å². The fourth-order valence-electron chi connectivity index (χ4n) is 1.63. The average Bonchev–Trinajstić information content (AvgIpc) is 2.57. The second kappa shape index (κ2) is 4.79. The summed E-state index contributed by atoms with van der Waals surface area (Å²) in [7, 11) is 0. The Labute approximate surface area is 105 Å². The molecule has 0 amide bonds. The summed E-state index contributed by atoms with van der Waals surface area (Å²) in [5, 5.41) is 4.72. The summed E-state index contributed by atoms with van der Waals surface area (Å²) in [6.45, 7) is 5.81. The highest BCUT2D eigenvalue weighted by Gasteiger charge is 2.09. The van der Waals surface area contributed by atoms with Crippen LogP contribution in [-0.4, -0.2) is 24.7 Å². The van der Waals surface area contributed by atoms with Gasteiger partial charge in [-0.3, -0.25) is 0 Å². The van der Waals surface area contributed by atoms with E-state index < -0.39 is 0 Å². The van der Waals surface area contributed by atoms with Gasteiger partial charge in [0.1, 0.15) is 22.6 Å². The minimum atomic E-state index is 0.436. The largest absolute Gasteiger partial charge is 0.221 e. The molecule has 0 fully saturated rings. The molecule has 0 unspecified atom stereocenters. The van der Waals surface area contributed by atoms with Crippen LogP contribution >= 0.6 is 11.6 Å². The lowest BCUT2D eigenvalue weighted by molar-refractivity contribution is 0.764. The van der Waals surface area contributed by atoms with Crippen LogP contribution in [0.15, 0.2) is 6.07 Å². The van der Waals surface area contributed by atoms with Crippen LogP contribution in [0.4, 0.5) is 0 Å². The molecule has 0 bridgehead atoms. The molecule has 0 saturated heterocycles. The summed E-state index contributed by atoms with van der Waals surface area (Å²) in [6.07, 6.45) is 1.79. The zero-order valence-corrected chi connectivity index (χ0v) is 10.9. The number of hydrogen-bond acceptors (Lipinski definition) is 4. The van der Waals surface area contributed by atoms with Crippen molar-refractivity contribution in [2.24, 2.45) is 0 Å². The van der Waals surface area contributed by atoms with Crippen LogP contribution in [0.2, 0.25) is 5.15 Å². The van der Waals surface area contributed by atoms with E-state index in [1.54, 1.807) is 10.7 Å². The van der Waals surface area contributed by atoms with E-state index in [4.69, 9.17) is 11.6 Å². The Morgan fingerprint density at radius 3 is 2.59 bits per heavy atom. The normalized spacial score (nSPS) is 10.8. The van der Waals surface area contributed by atoms with Crippen molar-refractivity contribution in [3.05, 3.63) is 28.7 Å². The van der Waals surface area contributed by atoms with Gasteiger partial charge < -0.3 is 0 Å². The van der Waals surface area contributed by atoms with Crippen LogP contribution in [0.1, 0.15) is 30.8 Å². The maximum atomic E-state index is 5.98. The van der Waals surface area contributed by atoms with Gasteiger partial charge in [0.15, 0.2) is 5.82 Å². The lowest BCUT2D eigenvalue weighted by atomic mass is 10.3. The van der Waals surface area contributed by atoms with Crippen molar-refractivity contribution >= 4 is 11.6 Å². The van der Waals surface area contributed by atoms with E-state index in [0.29, 0.717) is 16.8 Å². The highest BCUT2D eigenvalue weighted by Crippen LogP contribution is 2.13. The van der Waals surface area contributed by atoms with Gasteiger partial charge in [0, 0.05) is 12.5 Å². The molecule has 17 heavy (non-hydrogen) atoms. The van der Waals surface area contributed by atoms with Gasteiger partial charge in [0.2, 0.25) is 0 Å². The van der Waals surface area contributed by atoms with E-state index in [-0.39, 0.29) is 0 Å². The first-order valence-corrected chi connectivity index (χ1v) is 5.92. The third kappa shape index (κ3) is 2.61. The Kier molecular flexibility index (Phi) is 3.38.